The van der Waals surface area contributed by atoms with Gasteiger partial charge in [0.2, 0.25) is 0 Å². The molecule has 0 amide bonds. The van der Waals surface area contributed by atoms with Gasteiger partial charge in [0, 0.05) is 12.6 Å². The van der Waals surface area contributed by atoms with Crippen LogP contribution < -0.4 is 5.32 Å². The molecule has 16 heavy (non-hydrogen) atoms. The topological polar surface area (TPSA) is 32.3 Å². The van der Waals surface area contributed by atoms with Crippen molar-refractivity contribution in [1.29, 1.82) is 0 Å². The van der Waals surface area contributed by atoms with Crippen LogP contribution in [-0.2, 0) is 0 Å². The van der Waals surface area contributed by atoms with E-state index in [4.69, 9.17) is 0 Å². The molecule has 2 N–H and O–H groups in total. The summed E-state index contributed by atoms with van der Waals surface area (Å²) in [7, 11) is 0. The van der Waals surface area contributed by atoms with Gasteiger partial charge in [0.25, 0.3) is 0 Å². The van der Waals surface area contributed by atoms with E-state index in [0.29, 0.717) is 12.0 Å². The summed E-state index contributed by atoms with van der Waals surface area (Å²) < 4.78 is 0. The van der Waals surface area contributed by atoms with Crippen molar-refractivity contribution in [3.8, 4) is 0 Å². The van der Waals surface area contributed by atoms with Crippen LogP contribution in [0.3, 0.4) is 0 Å². The summed E-state index contributed by atoms with van der Waals surface area (Å²) in [5, 5.41) is 13.3. The molecule has 1 fully saturated rings. The molecule has 2 heteroatoms. The minimum atomic E-state index is -0.166. The zero-order chi connectivity index (χ0) is 12.0. The maximum Gasteiger partial charge on any atom is 0.0667 e. The van der Waals surface area contributed by atoms with Crippen LogP contribution in [0.15, 0.2) is 0 Å². The highest BCUT2D eigenvalue weighted by Gasteiger charge is 2.16. The van der Waals surface area contributed by atoms with Gasteiger partial charge in [0.1, 0.15) is 0 Å². The lowest BCUT2D eigenvalue weighted by molar-refractivity contribution is 0.141. The van der Waals surface area contributed by atoms with Crippen molar-refractivity contribution in [2.24, 2.45) is 11.8 Å². The molecule has 1 rings (SSSR count). The predicted octanol–water partition coefficient (Wildman–Crippen LogP) is 2.95. The molecule has 0 heterocycles. The maximum absolute atomic E-state index is 9.81. The molecule has 2 nitrogen and oxygen atoms in total. The lowest BCUT2D eigenvalue weighted by Crippen LogP contribution is -2.35. The fourth-order valence-electron chi connectivity index (χ4n) is 2.62. The molecule has 0 aromatic heterocycles. The Kier molecular flexibility index (Phi) is 6.37. The highest BCUT2D eigenvalue weighted by atomic mass is 16.3. The first-order valence-electron chi connectivity index (χ1n) is 6.99. The predicted molar refractivity (Wildman–Crippen MR) is 69.5 cm³/mol. The molecule has 0 aliphatic heterocycles. The largest absolute Gasteiger partial charge is 0.392 e. The van der Waals surface area contributed by atoms with Gasteiger partial charge in [-0.15, -0.1) is 0 Å². The van der Waals surface area contributed by atoms with Crippen molar-refractivity contribution < 1.29 is 5.11 Å². The summed E-state index contributed by atoms with van der Waals surface area (Å²) in [6.07, 6.45) is 7.40. The van der Waals surface area contributed by atoms with E-state index >= 15 is 0 Å². The van der Waals surface area contributed by atoms with Crippen molar-refractivity contribution in [1.82, 2.24) is 5.32 Å². The Balaban J connectivity index is 2.16. The second-order valence-corrected chi connectivity index (χ2v) is 6.00. The number of hydrogen-bond donors (Lipinski definition) is 2. The average molecular weight is 227 g/mol. The molecule has 1 aliphatic rings. The molecule has 0 saturated heterocycles. The normalized spacial score (nSPS) is 29.1. The number of hydrogen-bond acceptors (Lipinski definition) is 2. The summed E-state index contributed by atoms with van der Waals surface area (Å²) >= 11 is 0. The van der Waals surface area contributed by atoms with E-state index in [1.807, 2.05) is 0 Å². The molecule has 96 valence electrons. The quantitative estimate of drug-likeness (QED) is 0.708. The molecule has 0 spiro atoms. The van der Waals surface area contributed by atoms with Crippen LogP contribution >= 0.6 is 0 Å². The second-order valence-electron chi connectivity index (χ2n) is 6.00. The standard InChI is InChI=1S/C14H29NO/c1-11(2)9-14(16)10-15-13-6-4-5-12(3)7-8-13/h11-16H,4-10H2,1-3H3. The van der Waals surface area contributed by atoms with Crippen molar-refractivity contribution in [3.63, 3.8) is 0 Å². The third-order valence-corrected chi connectivity index (χ3v) is 3.64. The van der Waals surface area contributed by atoms with Gasteiger partial charge in [0.15, 0.2) is 0 Å². The van der Waals surface area contributed by atoms with Crippen molar-refractivity contribution in [2.75, 3.05) is 6.54 Å². The Labute approximate surface area is 101 Å². The zero-order valence-corrected chi connectivity index (χ0v) is 11.2. The second kappa shape index (κ2) is 7.29. The minimum Gasteiger partial charge on any atom is -0.392 e. The summed E-state index contributed by atoms with van der Waals surface area (Å²) in [5.41, 5.74) is 0. The Morgan fingerprint density at radius 3 is 2.62 bits per heavy atom. The van der Waals surface area contributed by atoms with E-state index < -0.39 is 0 Å². The van der Waals surface area contributed by atoms with Crippen molar-refractivity contribution >= 4 is 0 Å². The highest BCUT2D eigenvalue weighted by molar-refractivity contribution is 4.75. The number of aliphatic hydroxyl groups excluding tert-OH is 1. The fraction of sp³-hybridized carbons (Fsp3) is 1.00. The SMILES string of the molecule is CC(C)CC(O)CNC1CCCC(C)CC1. The van der Waals surface area contributed by atoms with E-state index in [9.17, 15) is 5.11 Å². The van der Waals surface area contributed by atoms with Gasteiger partial charge in [-0.3, -0.25) is 0 Å². The third-order valence-electron chi connectivity index (χ3n) is 3.64. The summed E-state index contributed by atoms with van der Waals surface area (Å²) in [6, 6.07) is 0.645. The lowest BCUT2D eigenvalue weighted by Gasteiger charge is -2.20. The average Bonchev–Trinajstić information content (AvgIpc) is 2.39. The van der Waals surface area contributed by atoms with E-state index in [0.717, 1.165) is 18.9 Å². The minimum absolute atomic E-state index is 0.166. The summed E-state index contributed by atoms with van der Waals surface area (Å²) in [4.78, 5) is 0. The van der Waals surface area contributed by atoms with E-state index in [-0.39, 0.29) is 6.10 Å². The first kappa shape index (κ1) is 14.0. The number of nitrogens with one attached hydrogen (secondary N) is 1. The van der Waals surface area contributed by atoms with Crippen molar-refractivity contribution in [2.45, 2.75) is 71.4 Å². The Morgan fingerprint density at radius 1 is 1.19 bits per heavy atom. The number of aliphatic hydroxyl groups is 1. The van der Waals surface area contributed by atoms with Gasteiger partial charge in [-0.2, -0.15) is 0 Å². The molecule has 1 saturated carbocycles. The van der Waals surface area contributed by atoms with Crippen LogP contribution in [-0.4, -0.2) is 23.8 Å². The van der Waals surface area contributed by atoms with Gasteiger partial charge >= 0.3 is 0 Å². The molecular formula is C14H29NO. The first-order valence-corrected chi connectivity index (χ1v) is 6.99. The Hall–Kier alpha value is -0.0800. The smallest absolute Gasteiger partial charge is 0.0667 e. The zero-order valence-electron chi connectivity index (χ0n) is 11.2. The van der Waals surface area contributed by atoms with Crippen LogP contribution in [0.5, 0.6) is 0 Å². The first-order chi connectivity index (χ1) is 7.58. The summed E-state index contributed by atoms with van der Waals surface area (Å²) in [6.45, 7) is 7.46. The molecule has 3 atom stereocenters. The molecular weight excluding hydrogens is 198 g/mol. The van der Waals surface area contributed by atoms with Crippen LogP contribution in [0.2, 0.25) is 0 Å². The van der Waals surface area contributed by atoms with Gasteiger partial charge < -0.3 is 10.4 Å². The lowest BCUT2D eigenvalue weighted by atomic mass is 10.0. The monoisotopic (exact) mass is 227 g/mol. The molecule has 0 radical (unpaired) electrons. The highest BCUT2D eigenvalue weighted by Crippen LogP contribution is 2.22. The third kappa shape index (κ3) is 5.86. The van der Waals surface area contributed by atoms with E-state index in [1.165, 1.54) is 32.1 Å². The van der Waals surface area contributed by atoms with Gasteiger partial charge in [-0.05, 0) is 37.5 Å². The van der Waals surface area contributed by atoms with Crippen molar-refractivity contribution in [3.05, 3.63) is 0 Å². The molecule has 3 unspecified atom stereocenters. The maximum atomic E-state index is 9.81. The van der Waals surface area contributed by atoms with Crippen LogP contribution in [0.4, 0.5) is 0 Å². The van der Waals surface area contributed by atoms with E-state index in [2.05, 4.69) is 26.1 Å². The molecule has 0 aromatic rings. The van der Waals surface area contributed by atoms with Crippen LogP contribution in [0.1, 0.15) is 59.3 Å². The van der Waals surface area contributed by atoms with E-state index in [1.54, 1.807) is 0 Å². The Morgan fingerprint density at radius 2 is 1.94 bits per heavy atom. The molecule has 1 aliphatic carbocycles. The van der Waals surface area contributed by atoms with Gasteiger partial charge in [-0.1, -0.05) is 33.6 Å². The Bertz CT molecular complexity index is 182. The van der Waals surface area contributed by atoms with Crippen LogP contribution in [0.25, 0.3) is 0 Å². The fourth-order valence-corrected chi connectivity index (χ4v) is 2.62. The molecule has 0 aromatic carbocycles. The van der Waals surface area contributed by atoms with Gasteiger partial charge in [0.05, 0.1) is 6.10 Å². The van der Waals surface area contributed by atoms with Gasteiger partial charge in [-0.25, -0.2) is 0 Å². The van der Waals surface area contributed by atoms with Crippen LogP contribution in [0, 0.1) is 11.8 Å². The number of rotatable bonds is 5. The summed E-state index contributed by atoms with van der Waals surface area (Å²) in [5.74, 6) is 1.48. The molecule has 0 bridgehead atoms.